The average Bonchev–Trinajstić information content (AvgIpc) is 2.72. The van der Waals surface area contributed by atoms with Crippen molar-refractivity contribution in [2.24, 2.45) is 0 Å². The number of fused-ring (bicyclic) bond motifs is 1. The van der Waals surface area contributed by atoms with Crippen LogP contribution in [0.5, 0.6) is 23.1 Å². The number of aliphatic carboxylic acids is 1. The SMILES string of the molecule is COc1nc(C(=O)NCC(=O)O)c(O)c2ccc(Oc3cccc(C(F)(F)F)c3)cc12. The van der Waals surface area contributed by atoms with Crippen molar-refractivity contribution >= 4 is 22.6 Å². The van der Waals surface area contributed by atoms with Crippen molar-refractivity contribution in [3.8, 4) is 23.1 Å². The molecule has 1 aromatic heterocycles. The molecule has 0 saturated carbocycles. The van der Waals surface area contributed by atoms with E-state index < -0.39 is 41.6 Å². The van der Waals surface area contributed by atoms with E-state index in [-0.39, 0.29) is 28.2 Å². The highest BCUT2D eigenvalue weighted by molar-refractivity contribution is 6.04. The number of alkyl halides is 3. The van der Waals surface area contributed by atoms with Crippen molar-refractivity contribution in [1.82, 2.24) is 10.3 Å². The van der Waals surface area contributed by atoms with Crippen LogP contribution in [0.25, 0.3) is 10.8 Å². The van der Waals surface area contributed by atoms with E-state index in [1.165, 1.54) is 37.4 Å². The smallest absolute Gasteiger partial charge is 0.416 e. The van der Waals surface area contributed by atoms with Crippen LogP contribution in [0.4, 0.5) is 13.2 Å². The number of carbonyl (C=O) groups is 2. The molecule has 0 saturated heterocycles. The average molecular weight is 436 g/mol. The molecule has 11 heteroatoms. The summed E-state index contributed by atoms with van der Waals surface area (Å²) in [6.45, 7) is -0.677. The molecule has 0 unspecified atom stereocenters. The standard InChI is InChI=1S/C20H15F3N2O6/c1-30-19-14-8-12(31-11-4-2-3-10(7-11)20(21,22)23)5-6-13(14)17(28)16(25-19)18(29)24-9-15(26)27/h2-8,28H,9H2,1H3,(H,24,29)(H,26,27). The van der Waals surface area contributed by atoms with Crippen molar-refractivity contribution in [3.05, 3.63) is 53.7 Å². The number of carbonyl (C=O) groups excluding carboxylic acids is 1. The van der Waals surface area contributed by atoms with Gasteiger partial charge in [0.1, 0.15) is 18.0 Å². The fourth-order valence-corrected chi connectivity index (χ4v) is 2.74. The number of aromatic hydroxyl groups is 1. The van der Waals surface area contributed by atoms with Gasteiger partial charge in [-0.1, -0.05) is 6.07 Å². The Labute approximate surface area is 172 Å². The number of nitrogens with zero attached hydrogens (tertiary/aromatic N) is 1. The number of halogens is 3. The number of amides is 1. The Bertz CT molecular complexity index is 1160. The first-order valence-corrected chi connectivity index (χ1v) is 8.66. The monoisotopic (exact) mass is 436 g/mol. The number of pyridine rings is 1. The summed E-state index contributed by atoms with van der Waals surface area (Å²) in [5.41, 5.74) is -1.32. The van der Waals surface area contributed by atoms with E-state index in [4.69, 9.17) is 14.6 Å². The lowest BCUT2D eigenvalue weighted by atomic mass is 10.1. The van der Waals surface area contributed by atoms with Crippen molar-refractivity contribution in [2.45, 2.75) is 6.18 Å². The fourth-order valence-electron chi connectivity index (χ4n) is 2.74. The van der Waals surface area contributed by atoms with E-state index in [1.54, 1.807) is 0 Å². The molecule has 0 atom stereocenters. The lowest BCUT2D eigenvalue weighted by Crippen LogP contribution is -2.30. The molecule has 2 aromatic carbocycles. The van der Waals surface area contributed by atoms with Crippen LogP contribution in [0.3, 0.4) is 0 Å². The molecule has 0 fully saturated rings. The molecule has 3 rings (SSSR count). The highest BCUT2D eigenvalue weighted by Gasteiger charge is 2.30. The van der Waals surface area contributed by atoms with Gasteiger partial charge in [0.25, 0.3) is 5.91 Å². The topological polar surface area (TPSA) is 118 Å². The van der Waals surface area contributed by atoms with Crippen LogP contribution in [-0.4, -0.2) is 40.7 Å². The third-order valence-corrected chi connectivity index (χ3v) is 4.12. The van der Waals surface area contributed by atoms with Gasteiger partial charge >= 0.3 is 12.1 Å². The zero-order valence-corrected chi connectivity index (χ0v) is 15.9. The van der Waals surface area contributed by atoms with Gasteiger partial charge < -0.3 is 25.0 Å². The maximum atomic E-state index is 12.9. The molecule has 1 heterocycles. The van der Waals surface area contributed by atoms with Gasteiger partial charge in [-0.25, -0.2) is 4.98 Å². The fraction of sp³-hybridized carbons (Fsp3) is 0.150. The summed E-state index contributed by atoms with van der Waals surface area (Å²) in [7, 11) is 1.26. The Hall–Kier alpha value is -4.02. The number of hydrogen-bond donors (Lipinski definition) is 3. The van der Waals surface area contributed by atoms with E-state index in [0.717, 1.165) is 12.1 Å². The molecule has 0 bridgehead atoms. The summed E-state index contributed by atoms with van der Waals surface area (Å²) in [6.07, 6.45) is -4.53. The zero-order valence-electron chi connectivity index (χ0n) is 15.9. The second-order valence-electron chi connectivity index (χ2n) is 6.23. The molecule has 0 aliphatic carbocycles. The van der Waals surface area contributed by atoms with Crippen LogP contribution < -0.4 is 14.8 Å². The summed E-state index contributed by atoms with van der Waals surface area (Å²) in [5.74, 6) is -2.74. The maximum Gasteiger partial charge on any atom is 0.416 e. The number of carboxylic acids is 1. The van der Waals surface area contributed by atoms with Gasteiger partial charge in [-0.3, -0.25) is 9.59 Å². The minimum Gasteiger partial charge on any atom is -0.505 e. The van der Waals surface area contributed by atoms with Crippen LogP contribution in [0.15, 0.2) is 42.5 Å². The molecule has 0 aliphatic rings. The number of hydrogen-bond acceptors (Lipinski definition) is 6. The Balaban J connectivity index is 1.98. The van der Waals surface area contributed by atoms with Gasteiger partial charge in [-0.15, -0.1) is 0 Å². The number of nitrogens with one attached hydrogen (secondary N) is 1. The third-order valence-electron chi connectivity index (χ3n) is 4.12. The predicted molar refractivity (Wildman–Crippen MR) is 101 cm³/mol. The number of aromatic nitrogens is 1. The molecule has 3 N–H and O–H groups in total. The lowest BCUT2D eigenvalue weighted by Gasteiger charge is -2.13. The van der Waals surface area contributed by atoms with E-state index in [0.29, 0.717) is 0 Å². The summed E-state index contributed by atoms with van der Waals surface area (Å²) in [5, 5.41) is 21.5. The third kappa shape index (κ3) is 4.77. The molecule has 0 aliphatic heterocycles. The molecule has 0 radical (unpaired) electrons. The van der Waals surface area contributed by atoms with Crippen LogP contribution in [0, 0.1) is 0 Å². The van der Waals surface area contributed by atoms with Crippen molar-refractivity contribution in [2.75, 3.05) is 13.7 Å². The summed E-state index contributed by atoms with van der Waals surface area (Å²) >= 11 is 0. The van der Waals surface area contributed by atoms with Crippen molar-refractivity contribution in [3.63, 3.8) is 0 Å². The largest absolute Gasteiger partial charge is 0.505 e. The quantitative estimate of drug-likeness (QED) is 0.541. The molecule has 0 spiro atoms. The van der Waals surface area contributed by atoms with Crippen molar-refractivity contribution < 1.29 is 42.4 Å². The van der Waals surface area contributed by atoms with Crippen LogP contribution >= 0.6 is 0 Å². The number of methoxy groups -OCH3 is 1. The van der Waals surface area contributed by atoms with E-state index in [9.17, 15) is 27.9 Å². The predicted octanol–water partition coefficient (Wildman–Crippen LogP) is 3.57. The molecular weight excluding hydrogens is 421 g/mol. The normalized spacial score (nSPS) is 11.2. The Morgan fingerprint density at radius 3 is 2.45 bits per heavy atom. The van der Waals surface area contributed by atoms with Gasteiger partial charge in [0.15, 0.2) is 11.4 Å². The number of rotatable bonds is 6. The number of benzene rings is 2. The van der Waals surface area contributed by atoms with Gasteiger partial charge in [0.2, 0.25) is 5.88 Å². The number of carboxylic acid groups (broad SMARTS) is 1. The van der Waals surface area contributed by atoms with Gasteiger partial charge in [0, 0.05) is 5.39 Å². The number of ether oxygens (including phenoxy) is 2. The Kier molecular flexibility index (Phi) is 5.86. The Morgan fingerprint density at radius 2 is 1.81 bits per heavy atom. The summed E-state index contributed by atoms with van der Waals surface area (Å²) in [6, 6.07) is 8.42. The Morgan fingerprint density at radius 1 is 1.10 bits per heavy atom. The highest BCUT2D eigenvalue weighted by atomic mass is 19.4. The van der Waals surface area contributed by atoms with E-state index in [1.807, 2.05) is 0 Å². The van der Waals surface area contributed by atoms with Crippen molar-refractivity contribution in [1.29, 1.82) is 0 Å². The first kappa shape index (κ1) is 21.7. The van der Waals surface area contributed by atoms with Crippen LogP contribution in [0.1, 0.15) is 16.1 Å². The second-order valence-corrected chi connectivity index (χ2v) is 6.23. The minimum absolute atomic E-state index is 0.0602. The minimum atomic E-state index is -4.53. The van der Waals surface area contributed by atoms with E-state index >= 15 is 0 Å². The first-order valence-electron chi connectivity index (χ1n) is 8.66. The zero-order chi connectivity index (χ0) is 22.8. The van der Waals surface area contributed by atoms with Gasteiger partial charge in [-0.2, -0.15) is 13.2 Å². The van der Waals surface area contributed by atoms with Gasteiger partial charge in [0.05, 0.1) is 18.1 Å². The maximum absolute atomic E-state index is 12.9. The van der Waals surface area contributed by atoms with Crippen LogP contribution in [0.2, 0.25) is 0 Å². The van der Waals surface area contributed by atoms with Gasteiger partial charge in [-0.05, 0) is 36.4 Å². The lowest BCUT2D eigenvalue weighted by molar-refractivity contribution is -0.138. The molecule has 31 heavy (non-hydrogen) atoms. The molecular formula is C20H15F3N2O6. The first-order chi connectivity index (χ1) is 14.6. The second kappa shape index (κ2) is 8.38. The molecule has 8 nitrogen and oxygen atoms in total. The molecule has 1 amide bonds. The van der Waals surface area contributed by atoms with Crippen LogP contribution in [-0.2, 0) is 11.0 Å². The van der Waals surface area contributed by atoms with E-state index in [2.05, 4.69) is 10.3 Å². The highest BCUT2D eigenvalue weighted by Crippen LogP contribution is 2.37. The molecule has 162 valence electrons. The molecule has 3 aromatic rings. The summed E-state index contributed by atoms with van der Waals surface area (Å²) < 4.78 is 49.3. The summed E-state index contributed by atoms with van der Waals surface area (Å²) in [4.78, 5) is 26.7.